The Hall–Kier alpha value is -3.02. The van der Waals surface area contributed by atoms with E-state index in [0.29, 0.717) is 6.54 Å². The van der Waals surface area contributed by atoms with Crippen molar-refractivity contribution in [3.05, 3.63) is 83.9 Å². The Morgan fingerprint density at radius 1 is 0.900 bits per heavy atom. The minimum absolute atomic E-state index is 0.0293. The second kappa shape index (κ2) is 9.65. The number of carbonyl (C=O) groups is 1. The highest BCUT2D eigenvalue weighted by molar-refractivity contribution is 6.30. The summed E-state index contributed by atoms with van der Waals surface area (Å²) in [5.41, 5.74) is 1.96. The number of carbonyl (C=O) groups excluding carboxylic acids is 1. The molecule has 1 aliphatic heterocycles. The topological polar surface area (TPSA) is 46.0 Å². The molecule has 3 aromatic rings. The number of hydrogen-bond acceptors (Lipinski definition) is 3. The third kappa shape index (κ3) is 5.53. The summed E-state index contributed by atoms with van der Waals surface area (Å²) in [6, 6.07) is 25.0. The van der Waals surface area contributed by atoms with Gasteiger partial charge in [-0.15, -0.1) is 0 Å². The Balaban J connectivity index is 1.23. The molecule has 6 heteroatoms. The van der Waals surface area contributed by atoms with Crippen LogP contribution in [-0.4, -0.2) is 38.6 Å². The van der Waals surface area contributed by atoms with Crippen molar-refractivity contribution in [3.8, 4) is 11.5 Å². The quantitative estimate of drug-likeness (QED) is 0.639. The van der Waals surface area contributed by atoms with Crippen molar-refractivity contribution in [3.63, 3.8) is 0 Å². The van der Waals surface area contributed by atoms with Gasteiger partial charge >= 0.3 is 0 Å². The van der Waals surface area contributed by atoms with E-state index in [4.69, 9.17) is 16.3 Å². The van der Waals surface area contributed by atoms with E-state index >= 15 is 0 Å². The summed E-state index contributed by atoms with van der Waals surface area (Å²) in [6.07, 6.45) is 0. The second-order valence-corrected chi connectivity index (χ2v) is 7.81. The molecule has 0 aromatic heterocycles. The average Bonchev–Trinajstić information content (AvgIpc) is 2.77. The summed E-state index contributed by atoms with van der Waals surface area (Å²) in [4.78, 5) is 16.1. The molecular weight excluding hydrogens is 398 g/mol. The second-order valence-electron chi connectivity index (χ2n) is 7.38. The van der Waals surface area contributed by atoms with E-state index in [1.807, 2.05) is 78.9 Å². The fourth-order valence-electron chi connectivity index (χ4n) is 3.57. The maximum absolute atomic E-state index is 12.5. The molecule has 0 saturated carbocycles. The predicted molar refractivity (Wildman–Crippen MR) is 121 cm³/mol. The standard InChI is InChI=1S/C24H24ClN3O2/c25-19-6-10-21(11-7-19)28-16-14-27(15-17-28)18-24(29)26-20-8-12-23(13-9-20)30-22-4-2-1-3-5-22/h1-13H,14-18H2,(H,26,29)/p+1. The maximum atomic E-state index is 12.5. The van der Waals surface area contributed by atoms with E-state index in [9.17, 15) is 4.79 Å². The molecule has 1 fully saturated rings. The molecule has 30 heavy (non-hydrogen) atoms. The zero-order chi connectivity index (χ0) is 20.8. The number of halogens is 1. The molecule has 0 radical (unpaired) electrons. The number of quaternary nitrogens is 1. The number of amides is 1. The number of anilines is 2. The first-order valence-electron chi connectivity index (χ1n) is 10.1. The van der Waals surface area contributed by atoms with Crippen LogP contribution in [0.3, 0.4) is 0 Å². The van der Waals surface area contributed by atoms with Crippen LogP contribution >= 0.6 is 11.6 Å². The fraction of sp³-hybridized carbons (Fsp3) is 0.208. The van der Waals surface area contributed by atoms with Gasteiger partial charge in [-0.05, 0) is 60.7 Å². The first kappa shape index (κ1) is 20.3. The maximum Gasteiger partial charge on any atom is 0.279 e. The van der Waals surface area contributed by atoms with Crippen LogP contribution in [0.15, 0.2) is 78.9 Å². The summed E-state index contributed by atoms with van der Waals surface area (Å²) in [5.74, 6) is 1.56. The normalized spacial score (nSPS) is 14.4. The third-order valence-corrected chi connectivity index (χ3v) is 5.44. The molecule has 0 atom stereocenters. The lowest BCUT2D eigenvalue weighted by Crippen LogP contribution is -3.15. The van der Waals surface area contributed by atoms with Crippen LogP contribution < -0.4 is 19.9 Å². The molecule has 1 amide bonds. The summed E-state index contributed by atoms with van der Waals surface area (Å²) in [5, 5.41) is 3.74. The number of piperazine rings is 1. The Labute approximate surface area is 181 Å². The van der Waals surface area contributed by atoms with Gasteiger partial charge in [-0.1, -0.05) is 29.8 Å². The van der Waals surface area contributed by atoms with E-state index in [1.165, 1.54) is 10.6 Å². The monoisotopic (exact) mass is 422 g/mol. The molecule has 1 heterocycles. The van der Waals surface area contributed by atoms with E-state index in [0.717, 1.165) is 48.4 Å². The molecule has 0 unspecified atom stereocenters. The van der Waals surface area contributed by atoms with Crippen LogP contribution in [0, 0.1) is 0 Å². The van der Waals surface area contributed by atoms with Gasteiger partial charge in [0.1, 0.15) is 11.5 Å². The first-order chi connectivity index (χ1) is 14.7. The highest BCUT2D eigenvalue weighted by Gasteiger charge is 2.22. The van der Waals surface area contributed by atoms with Crippen molar-refractivity contribution in [1.82, 2.24) is 0 Å². The molecule has 3 aromatic carbocycles. The van der Waals surface area contributed by atoms with Gasteiger partial charge in [0.2, 0.25) is 0 Å². The number of ether oxygens (including phenoxy) is 1. The van der Waals surface area contributed by atoms with Crippen LogP contribution in [0.4, 0.5) is 11.4 Å². The molecule has 2 N–H and O–H groups in total. The Kier molecular flexibility index (Phi) is 6.52. The summed E-state index contributed by atoms with van der Waals surface area (Å²) >= 11 is 5.97. The largest absolute Gasteiger partial charge is 0.457 e. The van der Waals surface area contributed by atoms with Gasteiger partial charge in [0.15, 0.2) is 6.54 Å². The molecular formula is C24H25ClN3O2+. The first-order valence-corrected chi connectivity index (χ1v) is 10.5. The van der Waals surface area contributed by atoms with Crippen molar-refractivity contribution < 1.29 is 14.4 Å². The predicted octanol–water partition coefficient (Wildman–Crippen LogP) is 3.48. The number of hydrogen-bond donors (Lipinski definition) is 2. The summed E-state index contributed by atoms with van der Waals surface area (Å²) in [7, 11) is 0. The molecule has 0 aliphatic carbocycles. The van der Waals surface area contributed by atoms with E-state index in [2.05, 4.69) is 10.2 Å². The molecule has 0 spiro atoms. The van der Waals surface area contributed by atoms with Crippen molar-refractivity contribution in [2.45, 2.75) is 0 Å². The summed E-state index contributed by atoms with van der Waals surface area (Å²) in [6.45, 7) is 4.18. The molecule has 5 nitrogen and oxygen atoms in total. The minimum Gasteiger partial charge on any atom is -0.457 e. The van der Waals surface area contributed by atoms with Crippen molar-refractivity contribution in [1.29, 1.82) is 0 Å². The zero-order valence-corrected chi connectivity index (χ0v) is 17.4. The van der Waals surface area contributed by atoms with Gasteiger partial charge < -0.3 is 19.9 Å². The smallest absolute Gasteiger partial charge is 0.279 e. The van der Waals surface area contributed by atoms with Crippen LogP contribution in [-0.2, 0) is 4.79 Å². The SMILES string of the molecule is O=C(C[NH+]1CCN(c2ccc(Cl)cc2)CC1)Nc1ccc(Oc2ccccc2)cc1. The number of benzene rings is 3. The molecule has 1 aliphatic rings. The van der Waals surface area contributed by atoms with Gasteiger partial charge in [-0.2, -0.15) is 0 Å². The fourth-order valence-corrected chi connectivity index (χ4v) is 3.70. The van der Waals surface area contributed by atoms with Crippen LogP contribution in [0.25, 0.3) is 0 Å². The van der Waals surface area contributed by atoms with Gasteiger partial charge in [0, 0.05) is 16.4 Å². The highest BCUT2D eigenvalue weighted by Crippen LogP contribution is 2.22. The van der Waals surface area contributed by atoms with Crippen molar-refractivity contribution in [2.24, 2.45) is 0 Å². The van der Waals surface area contributed by atoms with E-state index in [1.54, 1.807) is 0 Å². The lowest BCUT2D eigenvalue weighted by Gasteiger charge is -2.33. The molecule has 154 valence electrons. The van der Waals surface area contributed by atoms with Crippen LogP contribution in [0.1, 0.15) is 0 Å². The van der Waals surface area contributed by atoms with Gasteiger partial charge in [0.25, 0.3) is 5.91 Å². The molecule has 0 bridgehead atoms. The number of rotatable bonds is 6. The Bertz CT molecular complexity index is 954. The average molecular weight is 423 g/mol. The Morgan fingerprint density at radius 2 is 1.53 bits per heavy atom. The van der Waals surface area contributed by atoms with Gasteiger partial charge in [-0.25, -0.2) is 0 Å². The third-order valence-electron chi connectivity index (χ3n) is 5.19. The summed E-state index contributed by atoms with van der Waals surface area (Å²) < 4.78 is 5.78. The number of nitrogens with zero attached hydrogens (tertiary/aromatic N) is 1. The molecule has 1 saturated heterocycles. The minimum atomic E-state index is 0.0293. The van der Waals surface area contributed by atoms with Crippen molar-refractivity contribution >= 4 is 28.9 Å². The molecule has 4 rings (SSSR count). The van der Waals surface area contributed by atoms with Crippen LogP contribution in [0.5, 0.6) is 11.5 Å². The van der Waals surface area contributed by atoms with Gasteiger partial charge in [-0.3, -0.25) is 4.79 Å². The lowest BCUT2D eigenvalue weighted by atomic mass is 10.2. The van der Waals surface area contributed by atoms with E-state index in [-0.39, 0.29) is 5.91 Å². The van der Waals surface area contributed by atoms with Crippen LogP contribution in [0.2, 0.25) is 5.02 Å². The van der Waals surface area contributed by atoms with Crippen molar-refractivity contribution in [2.75, 3.05) is 42.9 Å². The lowest BCUT2D eigenvalue weighted by molar-refractivity contribution is -0.892. The zero-order valence-electron chi connectivity index (χ0n) is 16.7. The highest BCUT2D eigenvalue weighted by atomic mass is 35.5. The number of para-hydroxylation sites is 1. The number of nitrogens with one attached hydrogen (secondary N) is 2. The Morgan fingerprint density at radius 3 is 2.20 bits per heavy atom. The van der Waals surface area contributed by atoms with E-state index < -0.39 is 0 Å². The van der Waals surface area contributed by atoms with Gasteiger partial charge in [0.05, 0.1) is 26.2 Å².